The third kappa shape index (κ3) is 2.76. The number of aliphatic carboxylic acids is 1. The first-order chi connectivity index (χ1) is 8.06. The van der Waals surface area contributed by atoms with E-state index in [2.05, 4.69) is 21.2 Å². The summed E-state index contributed by atoms with van der Waals surface area (Å²) in [6, 6.07) is 6.74. The first kappa shape index (κ1) is 11.9. The topological polar surface area (TPSA) is 69.6 Å². The fourth-order valence-corrected chi connectivity index (χ4v) is 2.18. The van der Waals surface area contributed by atoms with Crippen LogP contribution in [0, 0.1) is 0 Å². The molecule has 2 rings (SSSR count). The van der Waals surface area contributed by atoms with Gasteiger partial charge in [-0.3, -0.25) is 9.69 Å². The maximum absolute atomic E-state index is 11.7. The number of carbonyl (C=O) groups is 2. The average Bonchev–Trinajstić information content (AvgIpc) is 2.58. The largest absolute Gasteiger partial charge is 0.481 e. The number of halogens is 1. The predicted octanol–water partition coefficient (Wildman–Crippen LogP) is 1.82. The molecular weight excluding hydrogens is 288 g/mol. The number of hydrogen-bond acceptors (Lipinski definition) is 2. The van der Waals surface area contributed by atoms with Crippen molar-refractivity contribution in [1.29, 1.82) is 0 Å². The second kappa shape index (κ2) is 4.75. The van der Waals surface area contributed by atoms with E-state index >= 15 is 0 Å². The Hall–Kier alpha value is -1.56. The number of rotatable bonds is 3. The molecule has 1 aliphatic rings. The van der Waals surface area contributed by atoms with E-state index in [-0.39, 0.29) is 18.5 Å². The molecule has 1 fully saturated rings. The minimum Gasteiger partial charge on any atom is -0.481 e. The average molecular weight is 299 g/mol. The number of hydrogen-bond donors (Lipinski definition) is 2. The number of amides is 2. The molecule has 2 amide bonds. The number of carboxylic acids is 1. The Morgan fingerprint density at radius 2 is 2.35 bits per heavy atom. The molecule has 1 heterocycles. The van der Waals surface area contributed by atoms with Gasteiger partial charge in [0.25, 0.3) is 0 Å². The van der Waals surface area contributed by atoms with Crippen LogP contribution in [0.1, 0.15) is 6.42 Å². The van der Waals surface area contributed by atoms with Gasteiger partial charge in [0, 0.05) is 16.7 Å². The predicted molar refractivity (Wildman–Crippen MR) is 66.1 cm³/mol. The molecule has 6 heteroatoms. The SMILES string of the molecule is O=C(O)CC1CN(c2cccc(Br)c2)C(=O)N1. The van der Waals surface area contributed by atoms with Crippen LogP contribution in [0.4, 0.5) is 10.5 Å². The molecule has 0 bridgehead atoms. The van der Waals surface area contributed by atoms with Gasteiger partial charge < -0.3 is 10.4 Å². The summed E-state index contributed by atoms with van der Waals surface area (Å²) in [4.78, 5) is 23.8. The molecule has 1 aromatic carbocycles. The standard InChI is InChI=1S/C11H11BrN2O3/c12-7-2-1-3-9(4-7)14-6-8(5-10(15)16)13-11(14)17/h1-4,8H,5-6H2,(H,13,17)(H,15,16). The van der Waals surface area contributed by atoms with Crippen LogP contribution in [0.3, 0.4) is 0 Å². The summed E-state index contributed by atoms with van der Waals surface area (Å²) in [7, 11) is 0. The summed E-state index contributed by atoms with van der Waals surface area (Å²) in [5.74, 6) is -0.911. The van der Waals surface area contributed by atoms with Crippen LogP contribution in [-0.2, 0) is 4.79 Å². The number of benzene rings is 1. The fraction of sp³-hybridized carbons (Fsp3) is 0.273. The third-order valence-corrected chi connectivity index (χ3v) is 3.01. The second-order valence-corrected chi connectivity index (χ2v) is 4.75. The van der Waals surface area contributed by atoms with E-state index in [1.807, 2.05) is 24.3 Å². The lowest BCUT2D eigenvalue weighted by Gasteiger charge is -2.14. The van der Waals surface area contributed by atoms with E-state index < -0.39 is 5.97 Å². The summed E-state index contributed by atoms with van der Waals surface area (Å²) < 4.78 is 0.879. The molecule has 1 atom stereocenters. The van der Waals surface area contributed by atoms with E-state index in [4.69, 9.17) is 5.11 Å². The van der Waals surface area contributed by atoms with Gasteiger partial charge in [-0.1, -0.05) is 22.0 Å². The summed E-state index contributed by atoms with van der Waals surface area (Å²) in [5, 5.41) is 11.3. The maximum atomic E-state index is 11.7. The van der Waals surface area contributed by atoms with Crippen molar-refractivity contribution >= 4 is 33.6 Å². The van der Waals surface area contributed by atoms with Crippen molar-refractivity contribution in [1.82, 2.24) is 5.32 Å². The lowest BCUT2D eigenvalue weighted by atomic mass is 10.2. The molecule has 1 aliphatic heterocycles. The first-order valence-electron chi connectivity index (χ1n) is 5.11. The highest BCUT2D eigenvalue weighted by molar-refractivity contribution is 9.10. The molecule has 0 aliphatic carbocycles. The van der Waals surface area contributed by atoms with Crippen molar-refractivity contribution in [2.45, 2.75) is 12.5 Å². The second-order valence-electron chi connectivity index (χ2n) is 3.83. The Labute approximate surface area is 107 Å². The van der Waals surface area contributed by atoms with Crippen LogP contribution in [0.5, 0.6) is 0 Å². The maximum Gasteiger partial charge on any atom is 0.322 e. The summed E-state index contributed by atoms with van der Waals surface area (Å²) in [6.45, 7) is 0.377. The number of nitrogens with one attached hydrogen (secondary N) is 1. The van der Waals surface area contributed by atoms with Crippen molar-refractivity contribution in [2.75, 3.05) is 11.4 Å². The quantitative estimate of drug-likeness (QED) is 0.894. The van der Waals surface area contributed by atoms with E-state index in [1.54, 1.807) is 4.90 Å². The summed E-state index contributed by atoms with van der Waals surface area (Å²) >= 11 is 3.33. The van der Waals surface area contributed by atoms with Gasteiger partial charge in [-0.25, -0.2) is 4.79 Å². The van der Waals surface area contributed by atoms with Crippen molar-refractivity contribution in [3.8, 4) is 0 Å². The van der Waals surface area contributed by atoms with Crippen LogP contribution >= 0.6 is 15.9 Å². The summed E-state index contributed by atoms with van der Waals surface area (Å²) in [6.07, 6.45) is -0.0593. The van der Waals surface area contributed by atoms with Crippen LogP contribution in [0.15, 0.2) is 28.7 Å². The fourth-order valence-electron chi connectivity index (χ4n) is 1.79. The number of nitrogens with zero attached hydrogens (tertiary/aromatic N) is 1. The highest BCUT2D eigenvalue weighted by atomic mass is 79.9. The third-order valence-electron chi connectivity index (χ3n) is 2.52. The normalized spacial score (nSPS) is 19.2. The van der Waals surface area contributed by atoms with E-state index in [9.17, 15) is 9.59 Å². The number of carbonyl (C=O) groups excluding carboxylic acids is 1. The molecule has 1 aromatic rings. The van der Waals surface area contributed by atoms with Gasteiger partial charge in [-0.05, 0) is 18.2 Å². The lowest BCUT2D eigenvalue weighted by Crippen LogP contribution is -2.29. The van der Waals surface area contributed by atoms with Crippen molar-refractivity contribution in [3.63, 3.8) is 0 Å². The Morgan fingerprint density at radius 1 is 1.59 bits per heavy atom. The van der Waals surface area contributed by atoms with Crippen LogP contribution in [0.25, 0.3) is 0 Å². The van der Waals surface area contributed by atoms with E-state index in [0.717, 1.165) is 10.2 Å². The highest BCUT2D eigenvalue weighted by Crippen LogP contribution is 2.22. The highest BCUT2D eigenvalue weighted by Gasteiger charge is 2.30. The van der Waals surface area contributed by atoms with Gasteiger partial charge in [-0.15, -0.1) is 0 Å². The minimum atomic E-state index is -0.911. The molecule has 90 valence electrons. The zero-order valence-electron chi connectivity index (χ0n) is 8.89. The molecule has 1 unspecified atom stereocenters. The molecule has 0 radical (unpaired) electrons. The Kier molecular flexibility index (Phi) is 3.33. The van der Waals surface area contributed by atoms with Crippen molar-refractivity contribution < 1.29 is 14.7 Å². The van der Waals surface area contributed by atoms with Gasteiger partial charge in [-0.2, -0.15) is 0 Å². The van der Waals surface area contributed by atoms with Gasteiger partial charge in [0.1, 0.15) is 0 Å². The molecule has 1 saturated heterocycles. The smallest absolute Gasteiger partial charge is 0.322 e. The van der Waals surface area contributed by atoms with Crippen LogP contribution in [0.2, 0.25) is 0 Å². The van der Waals surface area contributed by atoms with Gasteiger partial charge >= 0.3 is 12.0 Å². The Morgan fingerprint density at radius 3 is 3.00 bits per heavy atom. The monoisotopic (exact) mass is 298 g/mol. The number of carboxylic acid groups (broad SMARTS) is 1. The Balaban J connectivity index is 2.13. The lowest BCUT2D eigenvalue weighted by molar-refractivity contribution is -0.137. The first-order valence-corrected chi connectivity index (χ1v) is 5.91. The van der Waals surface area contributed by atoms with Gasteiger partial charge in [0.2, 0.25) is 0 Å². The summed E-state index contributed by atoms with van der Waals surface area (Å²) in [5.41, 5.74) is 0.754. The molecule has 2 N–H and O–H groups in total. The zero-order chi connectivity index (χ0) is 12.4. The Bertz CT molecular complexity index is 464. The molecule has 0 saturated carbocycles. The minimum absolute atomic E-state index is 0.0593. The molecule has 0 spiro atoms. The van der Waals surface area contributed by atoms with E-state index in [1.165, 1.54) is 0 Å². The zero-order valence-corrected chi connectivity index (χ0v) is 10.5. The number of anilines is 1. The van der Waals surface area contributed by atoms with Gasteiger partial charge in [0.15, 0.2) is 0 Å². The molecule has 5 nitrogen and oxygen atoms in total. The molecule has 17 heavy (non-hydrogen) atoms. The van der Waals surface area contributed by atoms with Crippen LogP contribution < -0.4 is 10.2 Å². The molecule has 0 aromatic heterocycles. The van der Waals surface area contributed by atoms with Gasteiger partial charge in [0.05, 0.1) is 12.5 Å². The van der Waals surface area contributed by atoms with E-state index in [0.29, 0.717) is 6.54 Å². The van der Waals surface area contributed by atoms with Crippen molar-refractivity contribution in [3.05, 3.63) is 28.7 Å². The molecular formula is C11H11BrN2O3. The van der Waals surface area contributed by atoms with Crippen LogP contribution in [-0.4, -0.2) is 29.7 Å². The van der Waals surface area contributed by atoms with Crippen molar-refractivity contribution in [2.24, 2.45) is 0 Å². The number of urea groups is 1.